The standard InChI is InChI=1S/C10H18O3/c1-2-10(11)12-7-5-3-4-6-9-8-13-9/h9H,2-8H2,1H3. The molecule has 1 heterocycles. The van der Waals surface area contributed by atoms with Crippen LogP contribution in [0.5, 0.6) is 0 Å². The van der Waals surface area contributed by atoms with Crippen molar-refractivity contribution in [3.8, 4) is 0 Å². The van der Waals surface area contributed by atoms with E-state index in [1.54, 1.807) is 0 Å². The van der Waals surface area contributed by atoms with Crippen LogP contribution >= 0.6 is 0 Å². The highest BCUT2D eigenvalue weighted by molar-refractivity contribution is 5.68. The average molecular weight is 186 g/mol. The topological polar surface area (TPSA) is 38.8 Å². The van der Waals surface area contributed by atoms with Gasteiger partial charge in [-0.3, -0.25) is 4.79 Å². The molecule has 13 heavy (non-hydrogen) atoms. The zero-order valence-corrected chi connectivity index (χ0v) is 8.25. The van der Waals surface area contributed by atoms with Gasteiger partial charge in [0.25, 0.3) is 0 Å². The van der Waals surface area contributed by atoms with Gasteiger partial charge < -0.3 is 9.47 Å². The lowest BCUT2D eigenvalue weighted by Crippen LogP contribution is -2.03. The van der Waals surface area contributed by atoms with Crippen molar-refractivity contribution in [2.45, 2.75) is 45.1 Å². The number of ether oxygens (including phenoxy) is 2. The lowest BCUT2D eigenvalue weighted by molar-refractivity contribution is -0.143. The van der Waals surface area contributed by atoms with Crippen LogP contribution in [0.1, 0.15) is 39.0 Å². The first-order chi connectivity index (χ1) is 6.33. The lowest BCUT2D eigenvalue weighted by atomic mass is 10.2. The summed E-state index contributed by atoms with van der Waals surface area (Å²) in [6.07, 6.45) is 5.50. The Kier molecular flexibility index (Phi) is 4.83. The second-order valence-corrected chi connectivity index (χ2v) is 3.38. The Morgan fingerprint density at radius 1 is 1.46 bits per heavy atom. The van der Waals surface area contributed by atoms with Crippen molar-refractivity contribution in [2.75, 3.05) is 13.2 Å². The van der Waals surface area contributed by atoms with Gasteiger partial charge in [0, 0.05) is 6.42 Å². The molecule has 0 aromatic carbocycles. The SMILES string of the molecule is CCC(=O)OCCCCCC1CO1. The van der Waals surface area contributed by atoms with Crippen LogP contribution < -0.4 is 0 Å². The van der Waals surface area contributed by atoms with Crippen molar-refractivity contribution in [1.82, 2.24) is 0 Å². The minimum atomic E-state index is -0.0921. The van der Waals surface area contributed by atoms with Gasteiger partial charge in [-0.15, -0.1) is 0 Å². The van der Waals surface area contributed by atoms with E-state index in [9.17, 15) is 4.79 Å². The van der Waals surface area contributed by atoms with E-state index in [1.807, 2.05) is 6.92 Å². The van der Waals surface area contributed by atoms with Gasteiger partial charge in [-0.05, 0) is 19.3 Å². The predicted molar refractivity (Wildman–Crippen MR) is 49.5 cm³/mol. The number of carbonyl (C=O) groups excluding carboxylic acids is 1. The van der Waals surface area contributed by atoms with E-state index in [1.165, 1.54) is 12.8 Å². The molecule has 0 N–H and O–H groups in total. The maximum absolute atomic E-state index is 10.7. The summed E-state index contributed by atoms with van der Waals surface area (Å²) in [5, 5.41) is 0. The van der Waals surface area contributed by atoms with E-state index < -0.39 is 0 Å². The van der Waals surface area contributed by atoms with Gasteiger partial charge >= 0.3 is 5.97 Å². The highest BCUT2D eigenvalue weighted by Crippen LogP contribution is 2.16. The Morgan fingerprint density at radius 2 is 2.23 bits per heavy atom. The van der Waals surface area contributed by atoms with Gasteiger partial charge in [-0.25, -0.2) is 0 Å². The second kappa shape index (κ2) is 5.97. The molecule has 0 amide bonds. The smallest absolute Gasteiger partial charge is 0.305 e. The second-order valence-electron chi connectivity index (χ2n) is 3.38. The molecule has 76 valence electrons. The number of esters is 1. The van der Waals surface area contributed by atoms with E-state index in [4.69, 9.17) is 9.47 Å². The summed E-state index contributed by atoms with van der Waals surface area (Å²) in [5.74, 6) is -0.0921. The van der Waals surface area contributed by atoms with Crippen molar-refractivity contribution >= 4 is 5.97 Å². The van der Waals surface area contributed by atoms with Gasteiger partial charge in [0.1, 0.15) is 0 Å². The van der Waals surface area contributed by atoms with Crippen LogP contribution in [0.15, 0.2) is 0 Å². The Hall–Kier alpha value is -0.570. The Labute approximate surface area is 79.4 Å². The monoisotopic (exact) mass is 186 g/mol. The molecule has 1 saturated heterocycles. The summed E-state index contributed by atoms with van der Waals surface area (Å²) in [5.41, 5.74) is 0. The van der Waals surface area contributed by atoms with Gasteiger partial charge in [0.05, 0.1) is 19.3 Å². The summed E-state index contributed by atoms with van der Waals surface area (Å²) in [7, 11) is 0. The molecule has 0 aliphatic carbocycles. The fourth-order valence-corrected chi connectivity index (χ4v) is 1.17. The van der Waals surface area contributed by atoms with E-state index in [-0.39, 0.29) is 5.97 Å². The molecule has 1 fully saturated rings. The lowest BCUT2D eigenvalue weighted by Gasteiger charge is -2.02. The van der Waals surface area contributed by atoms with Crippen molar-refractivity contribution in [3.63, 3.8) is 0 Å². The third-order valence-electron chi connectivity index (χ3n) is 2.12. The summed E-state index contributed by atoms with van der Waals surface area (Å²) < 4.78 is 10.0. The molecule has 0 aromatic heterocycles. The summed E-state index contributed by atoms with van der Waals surface area (Å²) in [6, 6.07) is 0. The third-order valence-corrected chi connectivity index (χ3v) is 2.12. The zero-order valence-electron chi connectivity index (χ0n) is 8.25. The number of unbranched alkanes of at least 4 members (excludes halogenated alkanes) is 2. The quantitative estimate of drug-likeness (QED) is 0.346. The highest BCUT2D eigenvalue weighted by atomic mass is 16.6. The van der Waals surface area contributed by atoms with Crippen molar-refractivity contribution < 1.29 is 14.3 Å². The van der Waals surface area contributed by atoms with Crippen molar-refractivity contribution in [3.05, 3.63) is 0 Å². The van der Waals surface area contributed by atoms with E-state index in [2.05, 4.69) is 0 Å². The van der Waals surface area contributed by atoms with Crippen molar-refractivity contribution in [2.24, 2.45) is 0 Å². The number of hydrogen-bond acceptors (Lipinski definition) is 3. The molecule has 1 aliphatic heterocycles. The minimum absolute atomic E-state index is 0.0921. The third kappa shape index (κ3) is 5.64. The molecular weight excluding hydrogens is 168 g/mol. The van der Waals surface area contributed by atoms with Crippen LogP contribution in [0, 0.1) is 0 Å². The van der Waals surface area contributed by atoms with Gasteiger partial charge in [0.15, 0.2) is 0 Å². The number of rotatable bonds is 7. The Bertz CT molecular complexity index is 152. The molecule has 0 spiro atoms. The molecule has 0 bridgehead atoms. The van der Waals surface area contributed by atoms with Gasteiger partial charge in [-0.1, -0.05) is 13.3 Å². The number of hydrogen-bond donors (Lipinski definition) is 0. The van der Waals surface area contributed by atoms with Crippen LogP contribution in [0.25, 0.3) is 0 Å². The summed E-state index contributed by atoms with van der Waals surface area (Å²) in [6.45, 7) is 3.34. The molecule has 0 saturated carbocycles. The fraction of sp³-hybridized carbons (Fsp3) is 0.900. The van der Waals surface area contributed by atoms with E-state index in [0.717, 1.165) is 19.4 Å². The molecule has 0 radical (unpaired) electrons. The maximum atomic E-state index is 10.7. The Morgan fingerprint density at radius 3 is 2.85 bits per heavy atom. The largest absolute Gasteiger partial charge is 0.466 e. The molecule has 0 aromatic rings. The molecule has 1 atom stereocenters. The normalized spacial score (nSPS) is 19.9. The van der Waals surface area contributed by atoms with Crippen molar-refractivity contribution in [1.29, 1.82) is 0 Å². The molecule has 1 aliphatic rings. The summed E-state index contributed by atoms with van der Waals surface area (Å²) >= 11 is 0. The fourth-order valence-electron chi connectivity index (χ4n) is 1.17. The van der Waals surface area contributed by atoms with Crippen LogP contribution in [-0.2, 0) is 14.3 Å². The number of epoxide rings is 1. The first kappa shape index (κ1) is 10.5. The Balaban J connectivity index is 1.75. The molecule has 1 rings (SSSR count). The minimum Gasteiger partial charge on any atom is -0.466 e. The predicted octanol–water partition coefficient (Wildman–Crippen LogP) is 1.90. The first-order valence-corrected chi connectivity index (χ1v) is 5.10. The van der Waals surface area contributed by atoms with Crippen LogP contribution in [0.3, 0.4) is 0 Å². The maximum Gasteiger partial charge on any atom is 0.305 e. The van der Waals surface area contributed by atoms with Gasteiger partial charge in [0.2, 0.25) is 0 Å². The first-order valence-electron chi connectivity index (χ1n) is 5.10. The molecule has 1 unspecified atom stereocenters. The van der Waals surface area contributed by atoms with E-state index >= 15 is 0 Å². The van der Waals surface area contributed by atoms with Crippen LogP contribution in [0.2, 0.25) is 0 Å². The zero-order chi connectivity index (χ0) is 9.52. The summed E-state index contributed by atoms with van der Waals surface area (Å²) in [4.78, 5) is 10.7. The van der Waals surface area contributed by atoms with E-state index in [0.29, 0.717) is 19.1 Å². The average Bonchev–Trinajstić information content (AvgIpc) is 2.94. The number of carbonyl (C=O) groups is 1. The van der Waals surface area contributed by atoms with Crippen LogP contribution in [-0.4, -0.2) is 25.3 Å². The van der Waals surface area contributed by atoms with Crippen LogP contribution in [0.4, 0.5) is 0 Å². The van der Waals surface area contributed by atoms with Gasteiger partial charge in [-0.2, -0.15) is 0 Å². The molecule has 3 nitrogen and oxygen atoms in total. The molecular formula is C10H18O3. The highest BCUT2D eigenvalue weighted by Gasteiger charge is 2.20. The molecule has 3 heteroatoms.